The maximum Gasteiger partial charge on any atom is 0.126 e. The summed E-state index contributed by atoms with van der Waals surface area (Å²) in [6, 6.07) is 10.6. The minimum atomic E-state index is -0.192. The maximum atomic E-state index is 13.1. The number of aryl methyl sites for hydroxylation is 1. The van der Waals surface area contributed by atoms with Crippen LogP contribution in [0.25, 0.3) is 11.1 Å². The van der Waals surface area contributed by atoms with Crippen LogP contribution in [0.4, 0.5) is 10.1 Å². The number of nitrogen functional groups attached to an aromatic ring is 1. The van der Waals surface area contributed by atoms with Crippen LogP contribution in [0.3, 0.4) is 0 Å². The van der Waals surface area contributed by atoms with Gasteiger partial charge in [0.25, 0.3) is 0 Å². The zero-order valence-corrected chi connectivity index (χ0v) is 9.76. The standard InChI is InChI=1S/C13H12FNS/c1-8-6-9(2-4-11(8)14)10-3-5-13(16)12(15)7-10/h2-7,16H,15H2,1H3. The van der Waals surface area contributed by atoms with Gasteiger partial charge in [-0.15, -0.1) is 12.6 Å². The number of halogens is 1. The van der Waals surface area contributed by atoms with Gasteiger partial charge in [-0.05, 0) is 47.9 Å². The van der Waals surface area contributed by atoms with E-state index < -0.39 is 0 Å². The molecule has 0 spiro atoms. The Labute approximate surface area is 99.5 Å². The summed E-state index contributed by atoms with van der Waals surface area (Å²) in [6.07, 6.45) is 0. The molecule has 3 heteroatoms. The Balaban J connectivity index is 2.50. The number of hydrogen-bond acceptors (Lipinski definition) is 2. The second kappa shape index (κ2) is 4.18. The Morgan fingerprint density at radius 2 is 1.69 bits per heavy atom. The molecule has 16 heavy (non-hydrogen) atoms. The van der Waals surface area contributed by atoms with Crippen molar-refractivity contribution in [2.75, 3.05) is 5.73 Å². The van der Waals surface area contributed by atoms with Crippen molar-refractivity contribution in [3.63, 3.8) is 0 Å². The van der Waals surface area contributed by atoms with Crippen LogP contribution in [0.2, 0.25) is 0 Å². The van der Waals surface area contributed by atoms with Gasteiger partial charge in [0.15, 0.2) is 0 Å². The first-order chi connectivity index (χ1) is 7.58. The number of rotatable bonds is 1. The molecule has 0 atom stereocenters. The van der Waals surface area contributed by atoms with Gasteiger partial charge < -0.3 is 5.73 Å². The molecule has 2 N–H and O–H groups in total. The molecule has 0 bridgehead atoms. The molecule has 0 fully saturated rings. The van der Waals surface area contributed by atoms with Gasteiger partial charge >= 0.3 is 0 Å². The summed E-state index contributed by atoms with van der Waals surface area (Å²) in [7, 11) is 0. The van der Waals surface area contributed by atoms with Gasteiger partial charge in [-0.3, -0.25) is 0 Å². The molecule has 1 nitrogen and oxygen atoms in total. The highest BCUT2D eigenvalue weighted by Gasteiger charge is 2.03. The van der Waals surface area contributed by atoms with Crippen molar-refractivity contribution in [3.05, 3.63) is 47.8 Å². The number of anilines is 1. The molecule has 0 amide bonds. The zero-order chi connectivity index (χ0) is 11.7. The van der Waals surface area contributed by atoms with Crippen molar-refractivity contribution >= 4 is 18.3 Å². The first-order valence-electron chi connectivity index (χ1n) is 4.93. The molecule has 2 rings (SSSR count). The smallest absolute Gasteiger partial charge is 0.126 e. The first kappa shape index (κ1) is 11.0. The zero-order valence-electron chi connectivity index (χ0n) is 8.87. The second-order valence-electron chi connectivity index (χ2n) is 3.74. The van der Waals surface area contributed by atoms with Crippen molar-refractivity contribution in [1.82, 2.24) is 0 Å². The van der Waals surface area contributed by atoms with Crippen LogP contribution in [0, 0.1) is 12.7 Å². The Hall–Kier alpha value is -1.48. The van der Waals surface area contributed by atoms with E-state index in [1.807, 2.05) is 24.3 Å². The minimum Gasteiger partial charge on any atom is -0.398 e. The van der Waals surface area contributed by atoms with Crippen LogP contribution in [0.1, 0.15) is 5.56 Å². The summed E-state index contributed by atoms with van der Waals surface area (Å²) in [5.41, 5.74) is 8.96. The third-order valence-corrected chi connectivity index (χ3v) is 2.93. The van der Waals surface area contributed by atoms with Crippen molar-refractivity contribution in [2.24, 2.45) is 0 Å². The fourth-order valence-corrected chi connectivity index (χ4v) is 1.70. The predicted octanol–water partition coefficient (Wildman–Crippen LogP) is 3.67. The molecular weight excluding hydrogens is 221 g/mol. The largest absolute Gasteiger partial charge is 0.398 e. The van der Waals surface area contributed by atoms with E-state index in [9.17, 15) is 4.39 Å². The summed E-state index contributed by atoms with van der Waals surface area (Å²) in [5, 5.41) is 0. The van der Waals surface area contributed by atoms with Gasteiger partial charge in [0.2, 0.25) is 0 Å². The molecule has 2 aromatic rings. The maximum absolute atomic E-state index is 13.1. The van der Waals surface area contributed by atoms with Crippen molar-refractivity contribution in [2.45, 2.75) is 11.8 Å². The lowest BCUT2D eigenvalue weighted by atomic mass is 10.0. The first-order valence-corrected chi connectivity index (χ1v) is 5.37. The summed E-state index contributed by atoms with van der Waals surface area (Å²) in [4.78, 5) is 0.752. The second-order valence-corrected chi connectivity index (χ2v) is 4.22. The molecule has 2 aromatic carbocycles. The van der Waals surface area contributed by atoms with E-state index in [1.54, 1.807) is 13.0 Å². The number of nitrogens with two attached hydrogens (primary N) is 1. The van der Waals surface area contributed by atoms with E-state index in [1.165, 1.54) is 6.07 Å². The fraction of sp³-hybridized carbons (Fsp3) is 0.0769. The van der Waals surface area contributed by atoms with Gasteiger partial charge in [-0.25, -0.2) is 4.39 Å². The van der Waals surface area contributed by atoms with Crippen LogP contribution in [-0.2, 0) is 0 Å². The molecule has 0 aliphatic carbocycles. The third-order valence-electron chi connectivity index (χ3n) is 2.52. The molecule has 0 saturated heterocycles. The molecule has 0 unspecified atom stereocenters. The lowest BCUT2D eigenvalue weighted by Gasteiger charge is -2.06. The highest BCUT2D eigenvalue weighted by molar-refractivity contribution is 7.80. The van der Waals surface area contributed by atoms with Crippen molar-refractivity contribution in [1.29, 1.82) is 0 Å². The molecule has 82 valence electrons. The van der Waals surface area contributed by atoms with Gasteiger partial charge in [0.1, 0.15) is 5.82 Å². The number of benzene rings is 2. The van der Waals surface area contributed by atoms with Crippen molar-refractivity contribution in [3.8, 4) is 11.1 Å². The van der Waals surface area contributed by atoms with E-state index in [0.717, 1.165) is 16.0 Å². The quantitative estimate of drug-likeness (QED) is 0.570. The van der Waals surface area contributed by atoms with Gasteiger partial charge in [0.05, 0.1) is 0 Å². The highest BCUT2D eigenvalue weighted by atomic mass is 32.1. The topological polar surface area (TPSA) is 26.0 Å². The molecule has 0 aromatic heterocycles. The van der Waals surface area contributed by atoms with Crippen LogP contribution >= 0.6 is 12.6 Å². The van der Waals surface area contributed by atoms with Crippen LogP contribution < -0.4 is 5.73 Å². The molecular formula is C13H12FNS. The molecule has 0 aliphatic heterocycles. The Kier molecular flexibility index (Phi) is 2.88. The lowest BCUT2D eigenvalue weighted by Crippen LogP contribution is -1.89. The number of thiol groups is 1. The summed E-state index contributed by atoms with van der Waals surface area (Å²) in [6.45, 7) is 1.75. The third kappa shape index (κ3) is 2.04. The van der Waals surface area contributed by atoms with Crippen LogP contribution in [0.5, 0.6) is 0 Å². The predicted molar refractivity (Wildman–Crippen MR) is 68.2 cm³/mol. The Morgan fingerprint density at radius 3 is 2.31 bits per heavy atom. The van der Waals surface area contributed by atoms with E-state index in [4.69, 9.17) is 5.73 Å². The molecule has 0 radical (unpaired) electrons. The van der Waals surface area contributed by atoms with Gasteiger partial charge in [-0.1, -0.05) is 12.1 Å². The monoisotopic (exact) mass is 233 g/mol. The molecule has 0 aliphatic rings. The average Bonchev–Trinajstić information content (AvgIpc) is 2.26. The van der Waals surface area contributed by atoms with E-state index in [-0.39, 0.29) is 5.82 Å². The minimum absolute atomic E-state index is 0.192. The normalized spacial score (nSPS) is 10.4. The lowest BCUT2D eigenvalue weighted by molar-refractivity contribution is 0.619. The van der Waals surface area contributed by atoms with E-state index in [2.05, 4.69) is 12.6 Å². The SMILES string of the molecule is Cc1cc(-c2ccc(S)c(N)c2)ccc1F. The molecule has 0 saturated carbocycles. The van der Waals surface area contributed by atoms with E-state index >= 15 is 0 Å². The van der Waals surface area contributed by atoms with E-state index in [0.29, 0.717) is 11.3 Å². The fourth-order valence-electron chi connectivity index (χ4n) is 1.56. The molecule has 0 heterocycles. The summed E-state index contributed by atoms with van der Waals surface area (Å²) < 4.78 is 13.1. The Morgan fingerprint density at radius 1 is 1.06 bits per heavy atom. The Bertz CT molecular complexity index is 488. The summed E-state index contributed by atoms with van der Waals surface area (Å²) >= 11 is 4.21. The highest BCUT2D eigenvalue weighted by Crippen LogP contribution is 2.26. The number of hydrogen-bond donors (Lipinski definition) is 2. The van der Waals surface area contributed by atoms with Gasteiger partial charge in [-0.2, -0.15) is 0 Å². The van der Waals surface area contributed by atoms with Crippen LogP contribution in [0.15, 0.2) is 41.3 Å². The van der Waals surface area contributed by atoms with Crippen LogP contribution in [-0.4, -0.2) is 0 Å². The summed E-state index contributed by atoms with van der Waals surface area (Å²) in [5.74, 6) is -0.192. The van der Waals surface area contributed by atoms with Crippen molar-refractivity contribution < 1.29 is 4.39 Å². The van der Waals surface area contributed by atoms with Gasteiger partial charge in [0, 0.05) is 10.6 Å². The average molecular weight is 233 g/mol.